The molecular formula is C33H52N2O. The van der Waals surface area contributed by atoms with E-state index in [1.807, 2.05) is 0 Å². The molecule has 2 aromatic carbocycles. The van der Waals surface area contributed by atoms with Gasteiger partial charge < -0.3 is 14.9 Å². The maximum atomic E-state index is 9.58. The normalized spacial score (nSPS) is 46.4. The molecule has 0 bridgehead atoms. The molecule has 200 valence electrons. The fourth-order valence-corrected chi connectivity index (χ4v) is 3.48. The molecule has 0 radical (unpaired) electrons. The summed E-state index contributed by atoms with van der Waals surface area (Å²) in [5.41, 5.74) is 0.658. The van der Waals surface area contributed by atoms with Crippen molar-refractivity contribution >= 4 is 0 Å². The molecule has 0 aliphatic heterocycles. The Hall–Kier alpha value is -1.84. The lowest BCUT2D eigenvalue weighted by molar-refractivity contribution is 0.253. The van der Waals surface area contributed by atoms with Crippen molar-refractivity contribution < 1.29 is 38.0 Å². The van der Waals surface area contributed by atoms with Crippen molar-refractivity contribution in [3.8, 4) is 5.75 Å². The molecule has 2 unspecified atom stereocenters. The molecule has 3 nitrogen and oxygen atoms in total. The van der Waals surface area contributed by atoms with Crippen molar-refractivity contribution in [2.24, 2.45) is 11.8 Å². The van der Waals surface area contributed by atoms with Gasteiger partial charge in [-0.15, -0.1) is 0 Å². The first-order valence-electron chi connectivity index (χ1n) is 23.5. The Morgan fingerprint density at radius 1 is 0.722 bits per heavy atom. The number of aryl methyl sites for hydroxylation is 1. The lowest BCUT2D eigenvalue weighted by Gasteiger charge is -2.32. The molecule has 36 heavy (non-hydrogen) atoms. The quantitative estimate of drug-likeness (QED) is 0.387. The summed E-state index contributed by atoms with van der Waals surface area (Å²) < 4.78 is 201. The average Bonchev–Trinajstić information content (AvgIpc) is 3.09. The van der Waals surface area contributed by atoms with E-state index in [1.165, 1.54) is 62.3 Å². The van der Waals surface area contributed by atoms with E-state index < -0.39 is 100 Å². The van der Waals surface area contributed by atoms with E-state index in [-0.39, 0.29) is 16.9 Å². The average molecular weight is 517 g/mol. The minimum Gasteiger partial charge on any atom is -0.508 e. The van der Waals surface area contributed by atoms with Gasteiger partial charge in [0.15, 0.2) is 0 Å². The summed E-state index contributed by atoms with van der Waals surface area (Å²) in [6.07, 6.45) is -36.3. The zero-order chi connectivity index (χ0) is 47.5. The number of rotatable bonds is 8. The van der Waals surface area contributed by atoms with Crippen LogP contribution in [-0.4, -0.2) is 56.2 Å². The predicted octanol–water partition coefficient (Wildman–Crippen LogP) is 7.84. The van der Waals surface area contributed by atoms with Crippen LogP contribution in [-0.2, 0) is 0 Å². The van der Waals surface area contributed by atoms with Gasteiger partial charge in [0.25, 0.3) is 0 Å². The van der Waals surface area contributed by atoms with Crippen LogP contribution < -0.4 is 0 Å². The van der Waals surface area contributed by atoms with Gasteiger partial charge in [-0.25, -0.2) is 0 Å². The van der Waals surface area contributed by atoms with E-state index in [9.17, 15) is 6.48 Å². The summed E-state index contributed by atoms with van der Waals surface area (Å²) in [7, 11) is 6.00. The Morgan fingerprint density at radius 2 is 1.08 bits per heavy atom. The van der Waals surface area contributed by atoms with Crippen LogP contribution in [0.1, 0.15) is 125 Å². The molecule has 2 aliphatic rings. The largest absolute Gasteiger partial charge is 0.508 e. The molecule has 0 heterocycles. The Kier molecular flexibility index (Phi) is 4.26. The zero-order valence-electron chi connectivity index (χ0n) is 45.4. The molecule has 2 fully saturated rings. The van der Waals surface area contributed by atoms with Gasteiger partial charge in [0.2, 0.25) is 0 Å². The lowest BCUT2D eigenvalue weighted by atomic mass is 9.76. The summed E-state index contributed by atoms with van der Waals surface area (Å²) in [4.78, 5) is 2.78. The van der Waals surface area contributed by atoms with Crippen molar-refractivity contribution in [2.45, 2.75) is 82.4 Å². The smallest absolute Gasteiger partial charge is 0.115 e. The first-order valence-corrected chi connectivity index (χ1v) is 11.5. The van der Waals surface area contributed by atoms with Crippen molar-refractivity contribution in [3.05, 3.63) is 65.2 Å². The second-order valence-corrected chi connectivity index (χ2v) is 8.85. The molecule has 1 N–H and O–H groups in total. The molecule has 2 atom stereocenters. The van der Waals surface area contributed by atoms with Crippen LogP contribution in [0.5, 0.6) is 5.75 Å². The van der Waals surface area contributed by atoms with Crippen molar-refractivity contribution in [3.63, 3.8) is 0 Å². The third-order valence-corrected chi connectivity index (χ3v) is 5.17. The van der Waals surface area contributed by atoms with Crippen LogP contribution in [0, 0.1) is 18.7 Å². The van der Waals surface area contributed by atoms with Crippen LogP contribution >= 0.6 is 0 Å². The molecule has 2 saturated carbocycles. The minimum absolute atomic E-state index is 0.0126. The van der Waals surface area contributed by atoms with Gasteiger partial charge in [-0.1, -0.05) is 80.2 Å². The fraction of sp³-hybridized carbons (Fsp3) is 0.636. The predicted molar refractivity (Wildman–Crippen MR) is 155 cm³/mol. The number of phenolic OH excluding ortho intramolecular Hbond substituents is 1. The standard InChI is InChI=1S/C17H27N.C16H25NO/c1-14-9-11-16(12-10-14)17(13-18(2)3)15-7-5-4-6-8-15;1-17(2)12-16(13-6-4-3-5-7-13)14-8-10-15(18)11-9-14/h9-12,15,17H,4-8,13H2,1-3H3;8-11,13,16,18H,3-7,12H2,1-2H3/i4D2,5D2,6D2,7D2,8D2,15D,17D;3D2,4D2,5D2,6D2,7D2,13D,16D. The second kappa shape index (κ2) is 14.8. The van der Waals surface area contributed by atoms with Crippen LogP contribution in [0.4, 0.5) is 0 Å². The van der Waals surface area contributed by atoms with Crippen LogP contribution in [0.3, 0.4) is 0 Å². The Bertz CT molecular complexity index is 1680. The molecule has 3 heteroatoms. The van der Waals surface area contributed by atoms with Crippen molar-refractivity contribution in [1.29, 1.82) is 0 Å². The maximum absolute atomic E-state index is 9.58. The lowest BCUT2D eigenvalue weighted by Crippen LogP contribution is -2.27. The van der Waals surface area contributed by atoms with Crippen LogP contribution in [0.2, 0.25) is 0 Å². The van der Waals surface area contributed by atoms with E-state index in [0.717, 1.165) is 17.7 Å². The molecule has 2 aromatic rings. The second-order valence-electron chi connectivity index (χ2n) is 8.85. The van der Waals surface area contributed by atoms with Gasteiger partial charge in [-0.3, -0.25) is 0 Å². The van der Waals surface area contributed by atoms with E-state index >= 15 is 0 Å². The minimum atomic E-state index is -3.66. The summed E-state index contributed by atoms with van der Waals surface area (Å²) >= 11 is 0. The highest BCUT2D eigenvalue weighted by atomic mass is 16.3. The first kappa shape index (κ1) is 10.4. The van der Waals surface area contributed by atoms with E-state index in [4.69, 9.17) is 31.5 Å². The number of nitrogens with zero attached hydrogens (tertiary/aromatic N) is 2. The molecule has 0 aromatic heterocycles. The van der Waals surface area contributed by atoms with Crippen molar-refractivity contribution in [2.75, 3.05) is 41.3 Å². The van der Waals surface area contributed by atoms with Crippen LogP contribution in [0.25, 0.3) is 0 Å². The maximum Gasteiger partial charge on any atom is 0.115 e. The number of benzene rings is 2. The molecule has 2 aliphatic carbocycles. The summed E-state index contributed by atoms with van der Waals surface area (Å²) in [5, 5.41) is 9.58. The molecule has 4 rings (SSSR count). The zero-order valence-corrected chi connectivity index (χ0v) is 21.4. The Balaban J connectivity index is 0.000000320. The van der Waals surface area contributed by atoms with Gasteiger partial charge in [-0.05, 0) is 107 Å². The van der Waals surface area contributed by atoms with E-state index in [2.05, 4.69) is 0 Å². The fourth-order valence-electron chi connectivity index (χ4n) is 3.48. The molecular weight excluding hydrogens is 440 g/mol. The van der Waals surface area contributed by atoms with Gasteiger partial charge in [0, 0.05) is 46.0 Å². The van der Waals surface area contributed by atoms with E-state index in [1.54, 1.807) is 19.1 Å². The summed E-state index contributed by atoms with van der Waals surface area (Å²) in [6, 6.07) is 10.7. The highest BCUT2D eigenvalue weighted by molar-refractivity contribution is 5.29. The number of aromatic hydroxyl groups is 1. The third-order valence-electron chi connectivity index (χ3n) is 5.17. The summed E-state index contributed by atoms with van der Waals surface area (Å²) in [5.74, 6) is -12.1. The highest BCUT2D eigenvalue weighted by Gasteiger charge is 2.26. The summed E-state index contributed by atoms with van der Waals surface area (Å²) in [6.45, 7) is 0.839. The molecule has 0 spiro atoms. The van der Waals surface area contributed by atoms with Crippen molar-refractivity contribution in [1.82, 2.24) is 9.80 Å². The SMILES string of the molecule is [2H]C(CN(C)C)(c1ccc(C)cc1)C1([2H])C([2H])([2H])C([2H])([2H])C([2H])([2H])C([2H])([2H])C1([2H])[2H].[2H]C(CN(C)C)(c1ccc(O)cc1)C1([2H])C([2H])([2H])C([2H])([2H])C([2H])([2H])C([2H])([2H])C1([2H])[2H]. The van der Waals surface area contributed by atoms with Gasteiger partial charge in [0.05, 0.1) is 0 Å². The van der Waals surface area contributed by atoms with E-state index in [0.29, 0.717) is 0 Å². The Morgan fingerprint density at radius 3 is 1.44 bits per heavy atom. The topological polar surface area (TPSA) is 26.7 Å². The third kappa shape index (κ3) is 9.23. The van der Waals surface area contributed by atoms with Crippen LogP contribution in [0.15, 0.2) is 48.5 Å². The Labute approximate surface area is 255 Å². The number of hydrogen-bond acceptors (Lipinski definition) is 3. The highest BCUT2D eigenvalue weighted by Crippen LogP contribution is 2.37. The van der Waals surface area contributed by atoms with Gasteiger partial charge in [-0.2, -0.15) is 0 Å². The number of phenols is 1. The van der Waals surface area contributed by atoms with Gasteiger partial charge in [0.1, 0.15) is 5.75 Å². The van der Waals surface area contributed by atoms with Gasteiger partial charge >= 0.3 is 0 Å². The first-order chi connectivity index (χ1) is 26.3. The molecule has 0 saturated heterocycles. The molecule has 0 amide bonds. The number of hydrogen-bond donors (Lipinski definition) is 1. The monoisotopic (exact) mass is 517 g/mol. The number of likely N-dealkylation sites (N-methyl/N-ethyl adjacent to an activating group) is 2.